The monoisotopic (exact) mass is 220 g/mol. The number of aliphatic hydroxyl groups excluding tert-OH is 3. The Morgan fingerprint density at radius 1 is 1.20 bits per heavy atom. The number of rotatable bonds is 2. The average Bonchev–Trinajstić information content (AvgIpc) is 2.58. The zero-order valence-corrected chi connectivity index (χ0v) is 8.71. The van der Waals surface area contributed by atoms with Crippen molar-refractivity contribution < 1.29 is 29.5 Å². The van der Waals surface area contributed by atoms with Crippen molar-refractivity contribution in [2.75, 3.05) is 13.2 Å². The van der Waals surface area contributed by atoms with E-state index in [-0.39, 0.29) is 6.61 Å². The molecule has 2 fully saturated rings. The molecule has 15 heavy (non-hydrogen) atoms. The molecule has 0 saturated carbocycles. The van der Waals surface area contributed by atoms with E-state index in [1.807, 2.05) is 0 Å². The SMILES string of the molecule is CC1(C)O[C@H]2[C@H](O)[C@H](CO)OC2(CO)O1. The van der Waals surface area contributed by atoms with Crippen molar-refractivity contribution in [2.24, 2.45) is 0 Å². The molecule has 0 aromatic rings. The van der Waals surface area contributed by atoms with Gasteiger partial charge in [0.1, 0.15) is 24.9 Å². The first-order valence-corrected chi connectivity index (χ1v) is 4.90. The third-order valence-corrected chi connectivity index (χ3v) is 2.71. The van der Waals surface area contributed by atoms with Crippen LogP contribution in [0, 0.1) is 0 Å². The van der Waals surface area contributed by atoms with Gasteiger partial charge in [-0.2, -0.15) is 0 Å². The van der Waals surface area contributed by atoms with Gasteiger partial charge in [-0.25, -0.2) is 0 Å². The lowest BCUT2D eigenvalue weighted by atomic mass is 10.1. The van der Waals surface area contributed by atoms with E-state index in [0.29, 0.717) is 0 Å². The van der Waals surface area contributed by atoms with Crippen LogP contribution >= 0.6 is 0 Å². The van der Waals surface area contributed by atoms with Crippen LogP contribution in [0.2, 0.25) is 0 Å². The maximum atomic E-state index is 9.79. The summed E-state index contributed by atoms with van der Waals surface area (Å²) in [5, 5.41) is 28.0. The average molecular weight is 220 g/mol. The zero-order valence-electron chi connectivity index (χ0n) is 8.71. The molecule has 1 unspecified atom stereocenters. The van der Waals surface area contributed by atoms with Crippen LogP contribution < -0.4 is 0 Å². The predicted molar refractivity (Wildman–Crippen MR) is 47.8 cm³/mol. The molecule has 4 atom stereocenters. The molecule has 0 aromatic carbocycles. The molecule has 2 heterocycles. The molecule has 6 nitrogen and oxygen atoms in total. The highest BCUT2D eigenvalue weighted by atomic mass is 16.9. The lowest BCUT2D eigenvalue weighted by molar-refractivity contribution is -0.276. The first kappa shape index (κ1) is 11.3. The Morgan fingerprint density at radius 2 is 1.87 bits per heavy atom. The van der Waals surface area contributed by atoms with Gasteiger partial charge in [-0.15, -0.1) is 0 Å². The van der Waals surface area contributed by atoms with E-state index in [1.165, 1.54) is 0 Å². The molecule has 0 bridgehead atoms. The van der Waals surface area contributed by atoms with E-state index in [2.05, 4.69) is 0 Å². The Balaban J connectivity index is 2.24. The maximum absolute atomic E-state index is 9.79. The van der Waals surface area contributed by atoms with Crippen molar-refractivity contribution in [1.82, 2.24) is 0 Å². The fourth-order valence-corrected chi connectivity index (χ4v) is 2.14. The van der Waals surface area contributed by atoms with Crippen LogP contribution in [-0.2, 0) is 14.2 Å². The third kappa shape index (κ3) is 1.57. The van der Waals surface area contributed by atoms with Crippen LogP contribution in [-0.4, -0.2) is 58.4 Å². The van der Waals surface area contributed by atoms with Crippen LogP contribution in [0.4, 0.5) is 0 Å². The minimum Gasteiger partial charge on any atom is -0.394 e. The fourth-order valence-electron chi connectivity index (χ4n) is 2.14. The molecule has 2 aliphatic heterocycles. The quantitative estimate of drug-likeness (QED) is 0.529. The highest BCUT2D eigenvalue weighted by Gasteiger charge is 2.64. The normalized spacial score (nSPS) is 48.2. The molecule has 2 rings (SSSR count). The minimum absolute atomic E-state index is 0.341. The van der Waals surface area contributed by atoms with E-state index >= 15 is 0 Å². The van der Waals surface area contributed by atoms with E-state index < -0.39 is 36.5 Å². The minimum atomic E-state index is -1.35. The second-order valence-corrected chi connectivity index (χ2v) is 4.34. The number of ether oxygens (including phenoxy) is 3. The standard InChI is InChI=1S/C9H16O6/c1-8(2)14-7-6(12)5(3-10)13-9(7,4-11)15-8/h5-7,10-12H,3-4H2,1-2H3/t5-,6+,7-,9?/m0/s1. The van der Waals surface area contributed by atoms with Crippen molar-refractivity contribution in [3.8, 4) is 0 Å². The number of aliphatic hydroxyl groups is 3. The third-order valence-electron chi connectivity index (χ3n) is 2.71. The number of hydrogen-bond acceptors (Lipinski definition) is 6. The van der Waals surface area contributed by atoms with Gasteiger partial charge in [0.2, 0.25) is 5.79 Å². The predicted octanol–water partition coefficient (Wildman–Crippen LogP) is -1.42. The van der Waals surface area contributed by atoms with Gasteiger partial charge in [-0.3, -0.25) is 0 Å². The summed E-state index contributed by atoms with van der Waals surface area (Å²) in [7, 11) is 0. The van der Waals surface area contributed by atoms with E-state index in [4.69, 9.17) is 19.3 Å². The molecule has 6 heteroatoms. The molecule has 0 spiro atoms. The molecule has 0 radical (unpaired) electrons. The Hall–Kier alpha value is -0.240. The highest BCUT2D eigenvalue weighted by molar-refractivity contribution is 5.02. The zero-order chi connectivity index (χ0) is 11.3. The molecule has 3 N–H and O–H groups in total. The number of fused-ring (bicyclic) bond motifs is 1. The maximum Gasteiger partial charge on any atom is 0.224 e. The molecular weight excluding hydrogens is 204 g/mol. The summed E-state index contributed by atoms with van der Waals surface area (Å²) in [6, 6.07) is 0. The van der Waals surface area contributed by atoms with Crippen molar-refractivity contribution in [3.63, 3.8) is 0 Å². The highest BCUT2D eigenvalue weighted by Crippen LogP contribution is 2.44. The summed E-state index contributed by atoms with van der Waals surface area (Å²) >= 11 is 0. The van der Waals surface area contributed by atoms with Gasteiger partial charge < -0.3 is 29.5 Å². The van der Waals surface area contributed by atoms with Crippen LogP contribution in [0.5, 0.6) is 0 Å². The van der Waals surface area contributed by atoms with Gasteiger partial charge in [-0.1, -0.05) is 0 Å². The van der Waals surface area contributed by atoms with Gasteiger partial charge >= 0.3 is 0 Å². The van der Waals surface area contributed by atoms with E-state index in [1.54, 1.807) is 13.8 Å². The van der Waals surface area contributed by atoms with Crippen LogP contribution in [0.25, 0.3) is 0 Å². The van der Waals surface area contributed by atoms with Crippen molar-refractivity contribution >= 4 is 0 Å². The summed E-state index contributed by atoms with van der Waals surface area (Å²) in [5.74, 6) is -2.26. The van der Waals surface area contributed by atoms with Gasteiger partial charge in [0.25, 0.3) is 0 Å². The van der Waals surface area contributed by atoms with Crippen LogP contribution in [0.15, 0.2) is 0 Å². The van der Waals surface area contributed by atoms with Gasteiger partial charge in [0, 0.05) is 0 Å². The van der Waals surface area contributed by atoms with Crippen molar-refractivity contribution in [2.45, 2.75) is 43.7 Å². The molecule has 0 aliphatic carbocycles. The lowest BCUT2D eigenvalue weighted by Gasteiger charge is -2.26. The van der Waals surface area contributed by atoms with Crippen molar-refractivity contribution in [1.29, 1.82) is 0 Å². The van der Waals surface area contributed by atoms with Crippen LogP contribution in [0.1, 0.15) is 13.8 Å². The Kier molecular flexibility index (Phi) is 2.53. The van der Waals surface area contributed by atoms with Crippen molar-refractivity contribution in [3.05, 3.63) is 0 Å². The van der Waals surface area contributed by atoms with E-state index in [9.17, 15) is 10.2 Å². The largest absolute Gasteiger partial charge is 0.394 e. The summed E-state index contributed by atoms with van der Waals surface area (Å²) in [5.41, 5.74) is 0. The molecule has 2 saturated heterocycles. The second kappa shape index (κ2) is 3.38. The van der Waals surface area contributed by atoms with Gasteiger partial charge in [-0.05, 0) is 13.8 Å². The van der Waals surface area contributed by atoms with Gasteiger partial charge in [0.05, 0.1) is 6.61 Å². The summed E-state index contributed by atoms with van der Waals surface area (Å²) in [6.45, 7) is 2.58. The van der Waals surface area contributed by atoms with E-state index in [0.717, 1.165) is 0 Å². The van der Waals surface area contributed by atoms with Crippen LogP contribution in [0.3, 0.4) is 0 Å². The number of hydrogen-bond donors (Lipinski definition) is 3. The fraction of sp³-hybridized carbons (Fsp3) is 1.00. The molecular formula is C9H16O6. The Morgan fingerprint density at radius 3 is 2.33 bits per heavy atom. The van der Waals surface area contributed by atoms with Gasteiger partial charge in [0.15, 0.2) is 5.79 Å². The molecule has 2 aliphatic rings. The first-order valence-electron chi connectivity index (χ1n) is 4.90. The molecule has 0 aromatic heterocycles. The molecule has 0 amide bonds. The summed E-state index contributed by atoms with van der Waals surface area (Å²) < 4.78 is 16.2. The smallest absolute Gasteiger partial charge is 0.224 e. The Labute approximate surface area is 87.4 Å². The Bertz CT molecular complexity index is 255. The molecule has 88 valence electrons. The second-order valence-electron chi connectivity index (χ2n) is 4.34. The summed E-state index contributed by atoms with van der Waals surface area (Å²) in [6.07, 6.45) is -2.54. The summed E-state index contributed by atoms with van der Waals surface area (Å²) in [4.78, 5) is 0. The topological polar surface area (TPSA) is 88.4 Å². The lowest BCUT2D eigenvalue weighted by Crippen LogP contribution is -2.43. The first-order chi connectivity index (χ1) is 6.94.